The molecule has 0 spiro atoms. The molecule has 2 N–H and O–H groups in total. The van der Waals surface area contributed by atoms with Gasteiger partial charge in [0.1, 0.15) is 6.54 Å². The van der Waals surface area contributed by atoms with Gasteiger partial charge in [0.15, 0.2) is 11.5 Å². The zero-order valence-electron chi connectivity index (χ0n) is 24.8. The van der Waals surface area contributed by atoms with Crippen LogP contribution in [0.5, 0.6) is 11.5 Å². The fraction of sp³-hybridized carbons (Fsp3) is 0.333. The molecular weight excluding hydrogens is 564 g/mol. The van der Waals surface area contributed by atoms with Crippen molar-refractivity contribution in [3.63, 3.8) is 0 Å². The number of fused-ring (bicyclic) bond motifs is 1. The van der Waals surface area contributed by atoms with E-state index in [1.807, 2.05) is 18.2 Å². The normalized spacial score (nSPS) is 14.4. The van der Waals surface area contributed by atoms with Crippen LogP contribution in [0.1, 0.15) is 34.3 Å². The van der Waals surface area contributed by atoms with Gasteiger partial charge in [-0.3, -0.25) is 23.5 Å². The molecule has 11 nitrogen and oxygen atoms in total. The highest BCUT2D eigenvalue weighted by atomic mass is 16.5. The lowest BCUT2D eigenvalue weighted by molar-refractivity contribution is -0.122. The number of aromatic nitrogens is 2. The second-order valence-corrected chi connectivity index (χ2v) is 10.6. The predicted octanol–water partition coefficient (Wildman–Crippen LogP) is 2.50. The molecule has 0 radical (unpaired) electrons. The Bertz CT molecular complexity index is 1760. The monoisotopic (exact) mass is 600 g/mol. The third kappa shape index (κ3) is 7.00. The molecule has 0 saturated carbocycles. The molecule has 1 atom stereocenters. The van der Waals surface area contributed by atoms with E-state index in [1.54, 1.807) is 62.8 Å². The molecule has 1 aliphatic heterocycles. The lowest BCUT2D eigenvalue weighted by Gasteiger charge is -2.15. The second kappa shape index (κ2) is 14.0. The first-order valence-electron chi connectivity index (χ1n) is 14.6. The molecule has 1 fully saturated rings. The smallest absolute Gasteiger partial charge is 0.332 e. The molecule has 5 rings (SSSR count). The minimum Gasteiger partial charge on any atom is -0.493 e. The van der Waals surface area contributed by atoms with Gasteiger partial charge in [-0.15, -0.1) is 0 Å². The summed E-state index contributed by atoms with van der Waals surface area (Å²) in [6, 6.07) is 19.1. The fourth-order valence-corrected chi connectivity index (χ4v) is 5.30. The molecule has 230 valence electrons. The molecule has 2 heterocycles. The van der Waals surface area contributed by atoms with Crippen LogP contribution in [0.15, 0.2) is 76.3 Å². The number of methoxy groups -OCH3 is 2. The molecule has 1 aromatic heterocycles. The van der Waals surface area contributed by atoms with Gasteiger partial charge in [0.05, 0.1) is 37.8 Å². The van der Waals surface area contributed by atoms with Gasteiger partial charge < -0.3 is 24.8 Å². The van der Waals surface area contributed by atoms with Crippen molar-refractivity contribution in [1.29, 1.82) is 0 Å². The first kappa shape index (κ1) is 30.6. The quantitative estimate of drug-likeness (QED) is 0.256. The summed E-state index contributed by atoms with van der Waals surface area (Å²) in [5.41, 5.74) is 1.47. The largest absolute Gasteiger partial charge is 0.493 e. The number of nitrogens with one attached hydrogen (secondary N) is 2. The summed E-state index contributed by atoms with van der Waals surface area (Å²) in [6.07, 6.45) is 2.42. The van der Waals surface area contributed by atoms with Crippen molar-refractivity contribution in [3.8, 4) is 11.5 Å². The van der Waals surface area contributed by atoms with E-state index in [2.05, 4.69) is 10.6 Å². The fourth-order valence-electron chi connectivity index (χ4n) is 5.30. The Balaban J connectivity index is 1.26. The average molecular weight is 601 g/mol. The molecule has 11 heteroatoms. The molecule has 4 aromatic rings. The van der Waals surface area contributed by atoms with Crippen molar-refractivity contribution < 1.29 is 23.8 Å². The third-order valence-corrected chi connectivity index (χ3v) is 7.69. The van der Waals surface area contributed by atoms with E-state index in [1.165, 1.54) is 4.57 Å². The van der Waals surface area contributed by atoms with E-state index in [4.69, 9.17) is 14.2 Å². The Morgan fingerprint density at radius 1 is 0.909 bits per heavy atom. The van der Waals surface area contributed by atoms with Crippen LogP contribution in [-0.4, -0.2) is 61.0 Å². The summed E-state index contributed by atoms with van der Waals surface area (Å²) in [6.45, 7) is 1.24. The van der Waals surface area contributed by atoms with Crippen LogP contribution in [0, 0.1) is 0 Å². The summed E-state index contributed by atoms with van der Waals surface area (Å²) in [5, 5.41) is 6.09. The molecule has 1 aliphatic rings. The third-order valence-electron chi connectivity index (χ3n) is 7.69. The summed E-state index contributed by atoms with van der Waals surface area (Å²) >= 11 is 0. The van der Waals surface area contributed by atoms with E-state index < -0.39 is 11.2 Å². The maximum absolute atomic E-state index is 13.5. The van der Waals surface area contributed by atoms with Gasteiger partial charge in [0.25, 0.3) is 11.5 Å². The molecule has 2 amide bonds. The SMILES string of the molecule is COc1ccc(CCNC(=O)c2ccc(Cn3c(=O)c4ccccc4n(CC(=O)NC[C@@H]4CCCO4)c3=O)cc2)cc1OC. The van der Waals surface area contributed by atoms with Gasteiger partial charge in [-0.1, -0.05) is 30.3 Å². The van der Waals surface area contributed by atoms with Crippen LogP contribution in [-0.2, 0) is 29.0 Å². The molecule has 1 saturated heterocycles. The zero-order chi connectivity index (χ0) is 31.1. The number of rotatable bonds is 12. The number of benzene rings is 3. The van der Waals surface area contributed by atoms with E-state index in [-0.39, 0.29) is 31.0 Å². The van der Waals surface area contributed by atoms with E-state index in [0.717, 1.165) is 23.0 Å². The van der Waals surface area contributed by atoms with Crippen LogP contribution in [0.25, 0.3) is 10.9 Å². The maximum atomic E-state index is 13.5. The molecule has 0 aliphatic carbocycles. The van der Waals surface area contributed by atoms with Crippen molar-refractivity contribution in [1.82, 2.24) is 19.8 Å². The lowest BCUT2D eigenvalue weighted by Crippen LogP contribution is -2.43. The number of hydrogen-bond donors (Lipinski definition) is 2. The van der Waals surface area contributed by atoms with Crippen molar-refractivity contribution in [2.24, 2.45) is 0 Å². The Morgan fingerprint density at radius 3 is 2.39 bits per heavy atom. The van der Waals surface area contributed by atoms with Gasteiger partial charge in [0.2, 0.25) is 5.91 Å². The highest BCUT2D eigenvalue weighted by Gasteiger charge is 2.19. The maximum Gasteiger partial charge on any atom is 0.332 e. The summed E-state index contributed by atoms with van der Waals surface area (Å²) in [4.78, 5) is 52.4. The molecule has 0 bridgehead atoms. The molecule has 44 heavy (non-hydrogen) atoms. The number of carbonyl (C=O) groups is 2. The first-order valence-corrected chi connectivity index (χ1v) is 14.6. The topological polar surface area (TPSA) is 130 Å². The Morgan fingerprint density at radius 2 is 1.66 bits per heavy atom. The van der Waals surface area contributed by atoms with E-state index in [9.17, 15) is 19.2 Å². The Hall–Kier alpha value is -4.90. The first-order chi connectivity index (χ1) is 21.4. The highest BCUT2D eigenvalue weighted by Crippen LogP contribution is 2.27. The van der Waals surface area contributed by atoms with E-state index >= 15 is 0 Å². The zero-order valence-corrected chi connectivity index (χ0v) is 24.8. The Kier molecular flexibility index (Phi) is 9.75. The van der Waals surface area contributed by atoms with Crippen molar-refractivity contribution in [2.45, 2.75) is 38.5 Å². The number of hydrogen-bond acceptors (Lipinski definition) is 7. The van der Waals surface area contributed by atoms with Crippen molar-refractivity contribution >= 4 is 22.7 Å². The summed E-state index contributed by atoms with van der Waals surface area (Å²) in [5.74, 6) is 0.693. The van der Waals surface area contributed by atoms with Crippen molar-refractivity contribution in [3.05, 3.63) is 104 Å². The standard InChI is InChI=1S/C33H36N4O7/c1-42-28-14-11-22(18-29(28)43-2)15-16-34-31(39)24-12-9-23(10-13-24)20-37-32(40)26-7-3-4-8-27(26)36(33(37)41)21-30(38)35-19-25-6-5-17-44-25/h3-4,7-14,18,25H,5-6,15-17,19-21H2,1-2H3,(H,34,39)(H,35,38)/t25-/m0/s1. The minimum atomic E-state index is -0.585. The van der Waals surface area contributed by atoms with Gasteiger partial charge in [-0.2, -0.15) is 0 Å². The Labute approximate surface area is 254 Å². The number of para-hydroxylation sites is 1. The van der Waals surface area contributed by atoms with E-state index in [0.29, 0.717) is 59.6 Å². The van der Waals surface area contributed by atoms with Crippen LogP contribution in [0.2, 0.25) is 0 Å². The molecule has 3 aromatic carbocycles. The predicted molar refractivity (Wildman–Crippen MR) is 166 cm³/mol. The van der Waals surface area contributed by atoms with Gasteiger partial charge in [0, 0.05) is 25.3 Å². The number of amides is 2. The van der Waals surface area contributed by atoms with Crippen LogP contribution in [0.4, 0.5) is 0 Å². The molecule has 0 unspecified atom stereocenters. The lowest BCUT2D eigenvalue weighted by atomic mass is 10.1. The van der Waals surface area contributed by atoms with Crippen LogP contribution < -0.4 is 31.4 Å². The molecular formula is C33H36N4O7. The second-order valence-electron chi connectivity index (χ2n) is 10.6. The number of ether oxygens (including phenoxy) is 3. The van der Waals surface area contributed by atoms with Gasteiger partial charge >= 0.3 is 5.69 Å². The minimum absolute atomic E-state index is 0.0127. The van der Waals surface area contributed by atoms with Crippen LogP contribution in [0.3, 0.4) is 0 Å². The summed E-state index contributed by atoms with van der Waals surface area (Å²) < 4.78 is 18.6. The summed E-state index contributed by atoms with van der Waals surface area (Å²) in [7, 11) is 3.15. The highest BCUT2D eigenvalue weighted by molar-refractivity contribution is 5.94. The number of nitrogens with zero attached hydrogens (tertiary/aromatic N) is 2. The van der Waals surface area contributed by atoms with Crippen molar-refractivity contribution in [2.75, 3.05) is 33.9 Å². The van der Waals surface area contributed by atoms with Gasteiger partial charge in [-0.25, -0.2) is 4.79 Å². The number of carbonyl (C=O) groups excluding carboxylic acids is 2. The van der Waals surface area contributed by atoms with Crippen LogP contribution >= 0.6 is 0 Å². The van der Waals surface area contributed by atoms with Gasteiger partial charge in [-0.05, 0) is 66.8 Å². The average Bonchev–Trinajstić information content (AvgIpc) is 3.58.